The van der Waals surface area contributed by atoms with Gasteiger partial charge >= 0.3 is 11.3 Å². The molecule has 1 aliphatic rings. The van der Waals surface area contributed by atoms with Crippen LogP contribution in [-0.4, -0.2) is 14.1 Å². The van der Waals surface area contributed by atoms with Gasteiger partial charge in [0.25, 0.3) is 5.56 Å². The van der Waals surface area contributed by atoms with Crippen LogP contribution in [-0.2, 0) is 13.6 Å². The van der Waals surface area contributed by atoms with Crippen molar-refractivity contribution in [3.63, 3.8) is 0 Å². The van der Waals surface area contributed by atoms with Crippen LogP contribution in [0.5, 0.6) is 0 Å². The maximum atomic E-state index is 12.5. The molecule has 0 radical (unpaired) electrons. The number of benzene rings is 1. The Bertz CT molecular complexity index is 1050. The SMILES string of the molecule is CC(C)[C@H]1Cn2c(=O)n(C)c(=O)c3nc4ccccc4[n+]1c32. The minimum Gasteiger partial charge on any atom is -0.266 e. The van der Waals surface area contributed by atoms with Gasteiger partial charge < -0.3 is 0 Å². The van der Waals surface area contributed by atoms with Gasteiger partial charge in [-0.15, -0.1) is 0 Å². The lowest BCUT2D eigenvalue weighted by atomic mass is 10.0. The van der Waals surface area contributed by atoms with Crippen LogP contribution in [0.3, 0.4) is 0 Å². The number of hydrogen-bond donors (Lipinski definition) is 0. The first-order chi connectivity index (χ1) is 10.5. The summed E-state index contributed by atoms with van der Waals surface area (Å²) in [6.45, 7) is 4.85. The van der Waals surface area contributed by atoms with Gasteiger partial charge in [-0.2, -0.15) is 4.57 Å². The first-order valence-corrected chi connectivity index (χ1v) is 7.44. The summed E-state index contributed by atoms with van der Waals surface area (Å²) in [6, 6.07) is 7.91. The van der Waals surface area contributed by atoms with Crippen molar-refractivity contribution >= 4 is 22.2 Å². The third-order valence-electron chi connectivity index (χ3n) is 4.57. The second-order valence-electron chi connectivity index (χ2n) is 6.21. The molecule has 4 rings (SSSR count). The number of fused-ring (bicyclic) bond motifs is 2. The Labute approximate surface area is 126 Å². The second-order valence-corrected chi connectivity index (χ2v) is 6.21. The van der Waals surface area contributed by atoms with Gasteiger partial charge in [0, 0.05) is 7.05 Å². The summed E-state index contributed by atoms with van der Waals surface area (Å²) in [4.78, 5) is 29.5. The average molecular weight is 297 g/mol. The fourth-order valence-corrected chi connectivity index (χ4v) is 3.36. The minimum absolute atomic E-state index is 0.143. The Balaban J connectivity index is 2.33. The summed E-state index contributed by atoms with van der Waals surface area (Å²) in [5.74, 6) is 0.346. The van der Waals surface area contributed by atoms with Gasteiger partial charge in [-0.05, 0) is 18.1 Å². The van der Waals surface area contributed by atoms with Gasteiger partial charge in [0.2, 0.25) is 5.52 Å². The van der Waals surface area contributed by atoms with Crippen molar-refractivity contribution in [2.45, 2.75) is 26.4 Å². The van der Waals surface area contributed by atoms with Crippen LogP contribution in [0.1, 0.15) is 19.9 Å². The van der Waals surface area contributed by atoms with Crippen LogP contribution >= 0.6 is 0 Å². The summed E-state index contributed by atoms with van der Waals surface area (Å²) in [5.41, 5.74) is 2.15. The summed E-state index contributed by atoms with van der Waals surface area (Å²) >= 11 is 0. The molecule has 1 aromatic carbocycles. The maximum absolute atomic E-state index is 12.5. The van der Waals surface area contributed by atoms with E-state index in [2.05, 4.69) is 23.4 Å². The molecule has 0 unspecified atom stereocenters. The lowest BCUT2D eigenvalue weighted by Crippen LogP contribution is -2.43. The van der Waals surface area contributed by atoms with E-state index in [4.69, 9.17) is 0 Å². The third kappa shape index (κ3) is 1.49. The Kier molecular flexibility index (Phi) is 2.55. The number of para-hydroxylation sites is 2. The van der Waals surface area contributed by atoms with Crippen LogP contribution in [0.25, 0.3) is 22.2 Å². The van der Waals surface area contributed by atoms with E-state index in [-0.39, 0.29) is 17.3 Å². The van der Waals surface area contributed by atoms with Crippen molar-refractivity contribution in [2.24, 2.45) is 13.0 Å². The molecule has 0 N–H and O–H groups in total. The molecule has 0 saturated heterocycles. The molecule has 0 saturated carbocycles. The maximum Gasteiger partial charge on any atom is 0.418 e. The van der Waals surface area contributed by atoms with E-state index in [0.717, 1.165) is 15.6 Å². The molecule has 0 fully saturated rings. The zero-order valence-electron chi connectivity index (χ0n) is 12.8. The van der Waals surface area contributed by atoms with Crippen molar-refractivity contribution in [2.75, 3.05) is 0 Å². The van der Waals surface area contributed by atoms with E-state index in [1.165, 1.54) is 7.05 Å². The van der Waals surface area contributed by atoms with Gasteiger partial charge in [0.1, 0.15) is 18.1 Å². The smallest absolute Gasteiger partial charge is 0.266 e. The molecule has 0 amide bonds. The molecule has 22 heavy (non-hydrogen) atoms. The minimum atomic E-state index is -0.333. The monoisotopic (exact) mass is 297 g/mol. The largest absolute Gasteiger partial charge is 0.418 e. The van der Waals surface area contributed by atoms with E-state index in [1.54, 1.807) is 4.57 Å². The second kappa shape index (κ2) is 4.25. The van der Waals surface area contributed by atoms with Crippen molar-refractivity contribution in [1.82, 2.24) is 14.1 Å². The predicted molar refractivity (Wildman–Crippen MR) is 82.8 cm³/mol. The average Bonchev–Trinajstić information content (AvgIpc) is 2.92. The Hall–Kier alpha value is -2.50. The molecule has 6 nitrogen and oxygen atoms in total. The molecular formula is C16H17N4O2+. The van der Waals surface area contributed by atoms with Crippen molar-refractivity contribution < 1.29 is 4.57 Å². The van der Waals surface area contributed by atoms with Crippen LogP contribution in [0.15, 0.2) is 33.9 Å². The molecular weight excluding hydrogens is 280 g/mol. The highest BCUT2D eigenvalue weighted by molar-refractivity contribution is 5.79. The highest BCUT2D eigenvalue weighted by Crippen LogP contribution is 2.24. The van der Waals surface area contributed by atoms with Crippen molar-refractivity contribution in [3.05, 3.63) is 45.1 Å². The fourth-order valence-electron chi connectivity index (χ4n) is 3.36. The summed E-state index contributed by atoms with van der Waals surface area (Å²) in [6.07, 6.45) is 0. The zero-order chi connectivity index (χ0) is 15.6. The Morgan fingerprint density at radius 3 is 2.73 bits per heavy atom. The van der Waals surface area contributed by atoms with Gasteiger partial charge in [0.05, 0.1) is 0 Å². The summed E-state index contributed by atoms with van der Waals surface area (Å²) in [5, 5.41) is 0. The van der Waals surface area contributed by atoms with Crippen LogP contribution < -0.4 is 15.8 Å². The van der Waals surface area contributed by atoms with E-state index < -0.39 is 0 Å². The molecule has 0 bridgehead atoms. The van der Waals surface area contributed by atoms with Crippen LogP contribution in [0.4, 0.5) is 0 Å². The normalized spacial score (nSPS) is 17.0. The highest BCUT2D eigenvalue weighted by atomic mass is 16.2. The first-order valence-electron chi connectivity index (χ1n) is 7.44. The first kappa shape index (κ1) is 13.2. The number of hydrogen-bond acceptors (Lipinski definition) is 3. The molecule has 2 aromatic heterocycles. The fraction of sp³-hybridized carbons (Fsp3) is 0.375. The lowest BCUT2D eigenvalue weighted by Gasteiger charge is -2.13. The lowest BCUT2D eigenvalue weighted by molar-refractivity contribution is -0.673. The molecule has 6 heteroatoms. The zero-order valence-corrected chi connectivity index (χ0v) is 12.8. The topological polar surface area (TPSA) is 60.8 Å². The molecule has 112 valence electrons. The standard InChI is InChI=1S/C16H17N4O2/c1-9(2)12-8-19-14-13(15(21)18(3)16(19)22)17-10-6-4-5-7-11(10)20(12)14/h4-7,9,12H,8H2,1-3H3/q+1/t12-/m1/s1. The van der Waals surface area contributed by atoms with Gasteiger partial charge in [0.15, 0.2) is 5.52 Å². The molecule has 0 spiro atoms. The third-order valence-corrected chi connectivity index (χ3v) is 4.57. The Morgan fingerprint density at radius 1 is 1.27 bits per heavy atom. The molecule has 3 heterocycles. The molecule has 1 atom stereocenters. The summed E-state index contributed by atoms with van der Waals surface area (Å²) < 4.78 is 4.95. The van der Waals surface area contributed by atoms with Crippen LogP contribution in [0.2, 0.25) is 0 Å². The van der Waals surface area contributed by atoms with E-state index in [9.17, 15) is 9.59 Å². The predicted octanol–water partition coefficient (Wildman–Crippen LogP) is 0.747. The summed E-state index contributed by atoms with van der Waals surface area (Å²) in [7, 11) is 1.51. The molecule has 1 aliphatic heterocycles. The van der Waals surface area contributed by atoms with E-state index in [0.29, 0.717) is 23.6 Å². The number of rotatable bonds is 1. The van der Waals surface area contributed by atoms with Crippen molar-refractivity contribution in [3.8, 4) is 0 Å². The van der Waals surface area contributed by atoms with E-state index >= 15 is 0 Å². The number of nitrogens with zero attached hydrogens (tertiary/aromatic N) is 4. The molecule has 0 aliphatic carbocycles. The van der Waals surface area contributed by atoms with Crippen LogP contribution in [0, 0.1) is 5.92 Å². The van der Waals surface area contributed by atoms with E-state index in [1.807, 2.05) is 24.3 Å². The van der Waals surface area contributed by atoms with Crippen molar-refractivity contribution in [1.29, 1.82) is 0 Å². The highest BCUT2D eigenvalue weighted by Gasteiger charge is 2.38. The van der Waals surface area contributed by atoms with Gasteiger partial charge in [-0.1, -0.05) is 26.0 Å². The quantitative estimate of drug-likeness (QED) is 0.492. The van der Waals surface area contributed by atoms with Gasteiger partial charge in [-0.3, -0.25) is 4.79 Å². The Morgan fingerprint density at radius 2 is 2.00 bits per heavy atom. The molecule has 3 aromatic rings. The van der Waals surface area contributed by atoms with Gasteiger partial charge in [-0.25, -0.2) is 18.9 Å². The number of aromatic nitrogens is 4.